The number of ether oxygens (including phenoxy) is 1. The topological polar surface area (TPSA) is 90.1 Å². The maximum absolute atomic E-state index is 12.0. The Morgan fingerprint density at radius 3 is 2.60 bits per heavy atom. The molecule has 0 bridgehead atoms. The number of nitrogens with zero attached hydrogens (tertiary/aromatic N) is 1. The minimum Gasteiger partial charge on any atom is -0.497 e. The van der Waals surface area contributed by atoms with Crippen LogP contribution in [0, 0.1) is 0 Å². The van der Waals surface area contributed by atoms with Gasteiger partial charge in [-0.15, -0.1) is 0 Å². The molecule has 0 aliphatic heterocycles. The number of aromatic amines is 1. The molecule has 2 rings (SSSR count). The number of aromatic nitrogens is 2. The predicted molar refractivity (Wildman–Crippen MR) is 74.9 cm³/mol. The molecule has 106 valence electrons. The van der Waals surface area contributed by atoms with Gasteiger partial charge in [0.25, 0.3) is 5.56 Å². The van der Waals surface area contributed by atoms with E-state index in [4.69, 9.17) is 10.5 Å². The molecule has 0 spiro atoms. The Morgan fingerprint density at radius 1 is 1.35 bits per heavy atom. The third-order valence-corrected chi connectivity index (χ3v) is 3.03. The molecule has 0 radical (unpaired) electrons. The summed E-state index contributed by atoms with van der Waals surface area (Å²) in [5, 5.41) is 2.70. The van der Waals surface area contributed by atoms with Crippen LogP contribution in [0.5, 0.6) is 5.75 Å². The molecule has 1 heterocycles. The van der Waals surface area contributed by atoms with Crippen LogP contribution in [0.25, 0.3) is 0 Å². The van der Waals surface area contributed by atoms with E-state index < -0.39 is 0 Å². The van der Waals surface area contributed by atoms with Gasteiger partial charge in [0.1, 0.15) is 5.75 Å². The smallest absolute Gasteiger partial charge is 0.273 e. The van der Waals surface area contributed by atoms with Crippen LogP contribution in [0.3, 0.4) is 0 Å². The first-order chi connectivity index (χ1) is 9.63. The molecule has 20 heavy (non-hydrogen) atoms. The zero-order valence-electron chi connectivity index (χ0n) is 11.3. The van der Waals surface area contributed by atoms with E-state index in [2.05, 4.69) is 5.10 Å². The molecule has 0 saturated heterocycles. The lowest BCUT2D eigenvalue weighted by Gasteiger charge is -2.03. The lowest BCUT2D eigenvalue weighted by atomic mass is 10.1. The van der Waals surface area contributed by atoms with E-state index >= 15 is 0 Å². The summed E-state index contributed by atoms with van der Waals surface area (Å²) in [6, 6.07) is 8.81. The highest BCUT2D eigenvalue weighted by atomic mass is 16.5. The molecule has 2 aromatic rings. The Morgan fingerprint density at radius 2 is 2.05 bits per heavy atom. The fourth-order valence-electron chi connectivity index (χ4n) is 1.89. The summed E-state index contributed by atoms with van der Waals surface area (Å²) in [5.74, 6) is 0.499. The molecule has 0 atom stereocenters. The third-order valence-electron chi connectivity index (χ3n) is 3.03. The van der Waals surface area contributed by atoms with Gasteiger partial charge >= 0.3 is 0 Å². The molecule has 1 aromatic heterocycles. The van der Waals surface area contributed by atoms with Gasteiger partial charge in [0.05, 0.1) is 12.8 Å². The number of H-pyrrole nitrogens is 1. The number of benzene rings is 1. The van der Waals surface area contributed by atoms with Gasteiger partial charge in [-0.3, -0.25) is 14.7 Å². The number of nitrogens with two attached hydrogens (primary N) is 1. The summed E-state index contributed by atoms with van der Waals surface area (Å²) in [6.07, 6.45) is 0.809. The van der Waals surface area contributed by atoms with Crippen molar-refractivity contribution in [2.24, 2.45) is 5.73 Å². The number of aryl methyl sites for hydroxylation is 1. The molecule has 0 aliphatic carbocycles. The minimum absolute atomic E-state index is 0.202. The number of methoxy groups -OCH3 is 1. The van der Waals surface area contributed by atoms with Gasteiger partial charge in [0, 0.05) is 19.0 Å². The monoisotopic (exact) mass is 275 g/mol. The number of hydrogen-bond donors (Lipinski definition) is 2. The zero-order chi connectivity index (χ0) is 14.5. The fourth-order valence-corrected chi connectivity index (χ4v) is 1.89. The second kappa shape index (κ2) is 6.21. The SMILES string of the molecule is COc1ccc(CCC(=O)n2[nH]c(CN)cc2=O)cc1. The zero-order valence-corrected chi connectivity index (χ0v) is 11.3. The third kappa shape index (κ3) is 3.16. The Balaban J connectivity index is 2.00. The van der Waals surface area contributed by atoms with E-state index in [1.54, 1.807) is 7.11 Å². The molecule has 0 fully saturated rings. The summed E-state index contributed by atoms with van der Waals surface area (Å²) < 4.78 is 6.07. The lowest BCUT2D eigenvalue weighted by Crippen LogP contribution is -2.24. The second-order valence-electron chi connectivity index (χ2n) is 4.40. The Kier molecular flexibility index (Phi) is 4.37. The predicted octanol–water partition coefficient (Wildman–Crippen LogP) is 0.917. The van der Waals surface area contributed by atoms with E-state index in [0.717, 1.165) is 16.0 Å². The van der Waals surface area contributed by atoms with E-state index in [1.165, 1.54) is 6.07 Å². The second-order valence-corrected chi connectivity index (χ2v) is 4.40. The molecule has 6 heteroatoms. The van der Waals surface area contributed by atoms with E-state index in [-0.39, 0.29) is 24.4 Å². The summed E-state index contributed by atoms with van der Waals surface area (Å²) in [6.45, 7) is 0.202. The highest BCUT2D eigenvalue weighted by Gasteiger charge is 2.10. The first-order valence-electron chi connectivity index (χ1n) is 6.31. The number of rotatable bonds is 5. The standard InChI is InChI=1S/C14H17N3O3/c1-20-12-5-2-10(3-6-12)4-7-13(18)17-14(19)8-11(9-15)16-17/h2-3,5-6,8,16H,4,7,9,15H2,1H3. The normalized spacial score (nSPS) is 10.5. The summed E-state index contributed by atoms with van der Waals surface area (Å²) in [4.78, 5) is 23.5. The Bertz CT molecular complexity index is 640. The van der Waals surface area contributed by atoms with Gasteiger partial charge < -0.3 is 10.5 Å². The van der Waals surface area contributed by atoms with Crippen molar-refractivity contribution < 1.29 is 9.53 Å². The Labute approximate surface area is 116 Å². The highest BCUT2D eigenvalue weighted by Crippen LogP contribution is 2.12. The van der Waals surface area contributed by atoms with Crippen molar-refractivity contribution in [3.05, 3.63) is 51.9 Å². The van der Waals surface area contributed by atoms with Crippen LogP contribution in [0.15, 0.2) is 35.1 Å². The number of carbonyl (C=O) groups is 1. The van der Waals surface area contributed by atoms with Crippen molar-refractivity contribution in [1.29, 1.82) is 0 Å². The van der Waals surface area contributed by atoms with Gasteiger partial charge in [-0.2, -0.15) is 4.68 Å². The molecule has 0 unspecified atom stereocenters. The van der Waals surface area contributed by atoms with Gasteiger partial charge in [-0.25, -0.2) is 0 Å². The van der Waals surface area contributed by atoms with Crippen LogP contribution < -0.4 is 16.0 Å². The number of nitrogens with one attached hydrogen (secondary N) is 1. The summed E-state index contributed by atoms with van der Waals surface area (Å²) in [5.41, 5.74) is 6.61. The van der Waals surface area contributed by atoms with Gasteiger partial charge in [-0.05, 0) is 24.1 Å². The van der Waals surface area contributed by atoms with Crippen LogP contribution in [0.1, 0.15) is 22.5 Å². The van der Waals surface area contributed by atoms with Gasteiger partial charge in [-0.1, -0.05) is 12.1 Å². The highest BCUT2D eigenvalue weighted by molar-refractivity contribution is 5.78. The van der Waals surface area contributed by atoms with Crippen LogP contribution in [0.2, 0.25) is 0 Å². The first kappa shape index (κ1) is 14.1. The summed E-state index contributed by atoms with van der Waals surface area (Å²) >= 11 is 0. The Hall–Kier alpha value is -2.34. The van der Waals surface area contributed by atoms with Crippen LogP contribution in [-0.4, -0.2) is 22.8 Å². The largest absolute Gasteiger partial charge is 0.497 e. The van der Waals surface area contributed by atoms with Crippen LogP contribution in [0.4, 0.5) is 0 Å². The number of carbonyl (C=O) groups excluding carboxylic acids is 1. The maximum atomic E-state index is 12.0. The van der Waals surface area contributed by atoms with Gasteiger partial charge in [0.15, 0.2) is 0 Å². The lowest BCUT2D eigenvalue weighted by molar-refractivity contribution is 0.0882. The molecular formula is C14H17N3O3. The molecule has 0 amide bonds. The van der Waals surface area contributed by atoms with Crippen LogP contribution in [-0.2, 0) is 13.0 Å². The van der Waals surface area contributed by atoms with Crippen LogP contribution >= 0.6 is 0 Å². The van der Waals surface area contributed by atoms with Crippen molar-refractivity contribution in [2.75, 3.05) is 7.11 Å². The maximum Gasteiger partial charge on any atom is 0.273 e. The average molecular weight is 275 g/mol. The molecule has 3 N–H and O–H groups in total. The quantitative estimate of drug-likeness (QED) is 0.849. The molecular weight excluding hydrogens is 258 g/mol. The molecule has 0 aliphatic rings. The average Bonchev–Trinajstić information content (AvgIpc) is 2.86. The van der Waals surface area contributed by atoms with Gasteiger partial charge in [0.2, 0.25) is 5.91 Å². The minimum atomic E-state index is -0.370. The van der Waals surface area contributed by atoms with E-state index in [9.17, 15) is 9.59 Å². The van der Waals surface area contributed by atoms with Crippen molar-refractivity contribution >= 4 is 5.91 Å². The van der Waals surface area contributed by atoms with E-state index in [0.29, 0.717) is 12.1 Å². The summed E-state index contributed by atoms with van der Waals surface area (Å²) in [7, 11) is 1.60. The molecule has 1 aromatic carbocycles. The van der Waals surface area contributed by atoms with Crippen molar-refractivity contribution in [3.8, 4) is 5.75 Å². The van der Waals surface area contributed by atoms with Crippen molar-refractivity contribution in [3.63, 3.8) is 0 Å². The molecule has 0 saturated carbocycles. The van der Waals surface area contributed by atoms with Crippen molar-refractivity contribution in [2.45, 2.75) is 19.4 Å². The first-order valence-corrected chi connectivity index (χ1v) is 6.31. The fraction of sp³-hybridized carbons (Fsp3) is 0.286. The van der Waals surface area contributed by atoms with Crippen molar-refractivity contribution in [1.82, 2.24) is 9.78 Å². The number of hydrogen-bond acceptors (Lipinski definition) is 4. The molecule has 6 nitrogen and oxygen atoms in total. The van der Waals surface area contributed by atoms with E-state index in [1.807, 2.05) is 24.3 Å².